The summed E-state index contributed by atoms with van der Waals surface area (Å²) in [6, 6.07) is 7.98. The molecule has 118 valence electrons. The van der Waals surface area contributed by atoms with E-state index in [2.05, 4.69) is 0 Å². The van der Waals surface area contributed by atoms with Crippen LogP contribution in [0.5, 0.6) is 0 Å². The second kappa shape index (κ2) is 5.52. The van der Waals surface area contributed by atoms with Crippen LogP contribution >= 0.6 is 15.2 Å². The molecule has 0 heterocycles. The van der Waals surface area contributed by atoms with Crippen molar-refractivity contribution in [2.24, 2.45) is 0 Å². The summed E-state index contributed by atoms with van der Waals surface area (Å²) in [7, 11) is -9.12. The van der Waals surface area contributed by atoms with Crippen LogP contribution in [0.25, 0.3) is 11.1 Å². The molecule has 0 bridgehead atoms. The zero-order chi connectivity index (χ0) is 16.7. The Hall–Kier alpha value is -1.66. The minimum Gasteiger partial charge on any atom is -0.398 e. The summed E-state index contributed by atoms with van der Waals surface area (Å²) >= 11 is 0. The monoisotopic (exact) mass is 344 g/mol. The van der Waals surface area contributed by atoms with Gasteiger partial charge in [0, 0.05) is 11.4 Å². The molecule has 2 rings (SSSR count). The lowest BCUT2D eigenvalue weighted by molar-refractivity contribution is 0.385. The molecule has 0 fully saturated rings. The standard InChI is InChI=1S/C12H14N2O6P2/c13-9-3-1-7(5-11(9)21(15,16)17)8-2-4-10(14)12(6-8)22(18,19)20/h1-6H,13-14H2,(H2,15,16,17)(H2,18,19,20). The van der Waals surface area contributed by atoms with Crippen molar-refractivity contribution in [1.29, 1.82) is 0 Å². The molecule has 2 aromatic rings. The van der Waals surface area contributed by atoms with E-state index in [9.17, 15) is 28.7 Å². The van der Waals surface area contributed by atoms with E-state index in [-0.39, 0.29) is 22.0 Å². The summed E-state index contributed by atoms with van der Waals surface area (Å²) in [6.07, 6.45) is 0. The van der Waals surface area contributed by atoms with Gasteiger partial charge in [-0.25, -0.2) is 0 Å². The lowest BCUT2D eigenvalue weighted by Gasteiger charge is -2.13. The van der Waals surface area contributed by atoms with Crippen molar-refractivity contribution in [2.45, 2.75) is 0 Å². The Balaban J connectivity index is 2.64. The first kappa shape index (κ1) is 16.7. The quantitative estimate of drug-likeness (QED) is 0.337. The van der Waals surface area contributed by atoms with E-state index < -0.39 is 15.2 Å². The first-order valence-corrected chi connectivity index (χ1v) is 9.14. The number of rotatable bonds is 3. The fourth-order valence-electron chi connectivity index (χ4n) is 1.95. The van der Waals surface area contributed by atoms with Crippen molar-refractivity contribution in [3.8, 4) is 11.1 Å². The van der Waals surface area contributed by atoms with Crippen LogP contribution in [-0.2, 0) is 9.13 Å². The number of nitrogen functional groups attached to an aromatic ring is 2. The molecule has 0 unspecified atom stereocenters. The van der Waals surface area contributed by atoms with Crippen molar-refractivity contribution >= 4 is 37.2 Å². The molecule has 10 heteroatoms. The molecular weight excluding hydrogens is 330 g/mol. The van der Waals surface area contributed by atoms with Crippen LogP contribution < -0.4 is 22.1 Å². The van der Waals surface area contributed by atoms with Crippen LogP contribution in [-0.4, -0.2) is 19.6 Å². The molecule has 0 saturated heterocycles. The van der Waals surface area contributed by atoms with Gasteiger partial charge >= 0.3 is 15.2 Å². The maximum atomic E-state index is 11.4. The summed E-state index contributed by atoms with van der Waals surface area (Å²) < 4.78 is 22.8. The van der Waals surface area contributed by atoms with Crippen molar-refractivity contribution in [3.63, 3.8) is 0 Å². The van der Waals surface area contributed by atoms with Gasteiger partial charge < -0.3 is 31.0 Å². The highest BCUT2D eigenvalue weighted by Gasteiger charge is 2.23. The van der Waals surface area contributed by atoms with Crippen LogP contribution in [0.2, 0.25) is 0 Å². The fraction of sp³-hybridized carbons (Fsp3) is 0. The summed E-state index contributed by atoms with van der Waals surface area (Å²) in [5.74, 6) is 0. The number of hydrogen-bond donors (Lipinski definition) is 6. The summed E-state index contributed by atoms with van der Waals surface area (Å²) in [6.45, 7) is 0. The Labute approximate surface area is 125 Å². The topological polar surface area (TPSA) is 167 Å². The number of anilines is 2. The van der Waals surface area contributed by atoms with Gasteiger partial charge in [0.2, 0.25) is 0 Å². The van der Waals surface area contributed by atoms with E-state index in [1.54, 1.807) is 0 Å². The van der Waals surface area contributed by atoms with Gasteiger partial charge in [0.05, 0.1) is 10.6 Å². The van der Waals surface area contributed by atoms with Crippen molar-refractivity contribution in [3.05, 3.63) is 36.4 Å². The van der Waals surface area contributed by atoms with Gasteiger partial charge in [-0.3, -0.25) is 9.13 Å². The molecule has 0 aliphatic rings. The third-order valence-corrected chi connectivity index (χ3v) is 5.05. The van der Waals surface area contributed by atoms with Crippen LogP contribution in [0, 0.1) is 0 Å². The molecule has 8 nitrogen and oxygen atoms in total. The summed E-state index contributed by atoms with van der Waals surface area (Å²) in [5, 5.41) is -0.695. The number of hydrogen-bond acceptors (Lipinski definition) is 4. The first-order chi connectivity index (χ1) is 10.00. The molecule has 0 aliphatic carbocycles. The normalized spacial score (nSPS) is 12.4. The Bertz CT molecular complexity index is 757. The van der Waals surface area contributed by atoms with Crippen LogP contribution in [0.1, 0.15) is 0 Å². The highest BCUT2D eigenvalue weighted by Crippen LogP contribution is 2.39. The van der Waals surface area contributed by atoms with Gasteiger partial charge in [-0.05, 0) is 35.4 Å². The third kappa shape index (κ3) is 3.39. The van der Waals surface area contributed by atoms with Gasteiger partial charge in [0.25, 0.3) is 0 Å². The van der Waals surface area contributed by atoms with E-state index in [1.165, 1.54) is 36.4 Å². The maximum absolute atomic E-state index is 11.4. The average Bonchev–Trinajstić information content (AvgIpc) is 2.37. The van der Waals surface area contributed by atoms with Crippen molar-refractivity contribution in [2.75, 3.05) is 11.5 Å². The average molecular weight is 344 g/mol. The molecule has 0 saturated carbocycles. The van der Waals surface area contributed by atoms with Gasteiger partial charge in [-0.1, -0.05) is 12.1 Å². The summed E-state index contributed by atoms with van der Waals surface area (Å²) in [4.78, 5) is 37.0. The molecule has 0 aliphatic heterocycles. The Morgan fingerprint density at radius 1 is 0.682 bits per heavy atom. The van der Waals surface area contributed by atoms with E-state index in [0.29, 0.717) is 11.1 Å². The van der Waals surface area contributed by atoms with Gasteiger partial charge in [0.15, 0.2) is 0 Å². The zero-order valence-corrected chi connectivity index (χ0v) is 12.9. The first-order valence-electron chi connectivity index (χ1n) is 5.92. The lowest BCUT2D eigenvalue weighted by Crippen LogP contribution is -2.12. The molecular formula is C12H14N2O6P2. The molecule has 2 aromatic carbocycles. The minimum atomic E-state index is -4.56. The molecule has 0 spiro atoms. The number of benzene rings is 2. The maximum Gasteiger partial charge on any atom is 0.358 e. The van der Waals surface area contributed by atoms with Crippen LogP contribution in [0.15, 0.2) is 36.4 Å². The second-order valence-corrected chi connectivity index (χ2v) is 7.77. The predicted molar refractivity (Wildman–Crippen MR) is 84.1 cm³/mol. The highest BCUT2D eigenvalue weighted by molar-refractivity contribution is 7.61. The zero-order valence-electron chi connectivity index (χ0n) is 11.1. The van der Waals surface area contributed by atoms with Crippen LogP contribution in [0.3, 0.4) is 0 Å². The van der Waals surface area contributed by atoms with E-state index in [4.69, 9.17) is 11.5 Å². The second-order valence-electron chi connectivity index (χ2n) is 4.64. The minimum absolute atomic E-state index is 0.0669. The summed E-state index contributed by atoms with van der Waals surface area (Å²) in [5.41, 5.74) is 11.6. The van der Waals surface area contributed by atoms with Gasteiger partial charge in [-0.15, -0.1) is 0 Å². The lowest BCUT2D eigenvalue weighted by atomic mass is 10.1. The smallest absolute Gasteiger partial charge is 0.358 e. The SMILES string of the molecule is Nc1ccc(-c2ccc(N)c(P(=O)(O)O)c2)cc1P(=O)(O)O. The largest absolute Gasteiger partial charge is 0.398 e. The van der Waals surface area contributed by atoms with Gasteiger partial charge in [0.1, 0.15) is 0 Å². The molecule has 8 N–H and O–H groups in total. The highest BCUT2D eigenvalue weighted by atomic mass is 31.2. The van der Waals surface area contributed by atoms with Crippen molar-refractivity contribution in [1.82, 2.24) is 0 Å². The number of nitrogens with two attached hydrogens (primary N) is 2. The Kier molecular flexibility index (Phi) is 4.19. The van der Waals surface area contributed by atoms with E-state index in [0.717, 1.165) is 0 Å². The van der Waals surface area contributed by atoms with Gasteiger partial charge in [-0.2, -0.15) is 0 Å². The predicted octanol–water partition coefficient (Wildman–Crippen LogP) is 0.124. The molecule has 0 radical (unpaired) electrons. The third-order valence-electron chi connectivity index (χ3n) is 3.02. The molecule has 22 heavy (non-hydrogen) atoms. The molecule has 0 amide bonds. The van der Waals surface area contributed by atoms with Crippen LogP contribution in [0.4, 0.5) is 11.4 Å². The molecule has 0 aromatic heterocycles. The fourth-order valence-corrected chi connectivity index (χ4v) is 3.39. The molecule has 0 atom stereocenters. The Morgan fingerprint density at radius 3 is 1.27 bits per heavy atom. The Morgan fingerprint density at radius 2 is 1.00 bits per heavy atom. The van der Waals surface area contributed by atoms with Crippen molar-refractivity contribution < 1.29 is 28.7 Å². The van der Waals surface area contributed by atoms with E-state index >= 15 is 0 Å². The van der Waals surface area contributed by atoms with E-state index in [1.807, 2.05) is 0 Å².